The average molecular weight is 245 g/mol. The molecule has 0 aliphatic rings. The Morgan fingerprint density at radius 1 is 1.17 bits per heavy atom. The molecule has 18 heavy (non-hydrogen) atoms. The molecule has 2 rings (SSSR count). The molecule has 1 unspecified atom stereocenters. The van der Waals surface area contributed by atoms with Crippen molar-refractivity contribution in [2.75, 3.05) is 0 Å². The highest BCUT2D eigenvalue weighted by molar-refractivity contribution is 5.39. The van der Waals surface area contributed by atoms with E-state index in [4.69, 9.17) is 10.3 Å². The van der Waals surface area contributed by atoms with Crippen molar-refractivity contribution in [1.29, 1.82) is 0 Å². The summed E-state index contributed by atoms with van der Waals surface area (Å²) in [7, 11) is 0. The van der Waals surface area contributed by atoms with Gasteiger partial charge in [-0.25, -0.2) is 5.43 Å². The molecule has 0 saturated heterocycles. The fourth-order valence-corrected chi connectivity index (χ4v) is 2.23. The quantitative estimate of drug-likeness (QED) is 0.644. The molecule has 4 nitrogen and oxygen atoms in total. The lowest BCUT2D eigenvalue weighted by Crippen LogP contribution is -2.29. The monoisotopic (exact) mass is 245 g/mol. The Labute approximate surface area is 107 Å². The zero-order chi connectivity index (χ0) is 13.3. The van der Waals surface area contributed by atoms with E-state index in [1.165, 1.54) is 0 Å². The molecule has 0 amide bonds. The molecule has 0 saturated carbocycles. The van der Waals surface area contributed by atoms with Crippen molar-refractivity contribution in [2.45, 2.75) is 33.7 Å². The maximum Gasteiger partial charge on any atom is 0.106 e. The summed E-state index contributed by atoms with van der Waals surface area (Å²) in [6.07, 6.45) is 1.85. The van der Waals surface area contributed by atoms with Gasteiger partial charge in [-0.2, -0.15) is 0 Å². The molecule has 0 aliphatic heterocycles. The van der Waals surface area contributed by atoms with Crippen LogP contribution in [-0.4, -0.2) is 4.98 Å². The first-order valence-corrected chi connectivity index (χ1v) is 5.99. The summed E-state index contributed by atoms with van der Waals surface area (Å²) in [5.74, 6) is 7.53. The van der Waals surface area contributed by atoms with Crippen LogP contribution in [0.1, 0.15) is 39.9 Å². The van der Waals surface area contributed by atoms with Gasteiger partial charge in [-0.3, -0.25) is 10.8 Å². The number of hydrogen-bond donors (Lipinski definition) is 2. The molecule has 2 aromatic rings. The number of furan rings is 1. The lowest BCUT2D eigenvalue weighted by molar-refractivity contribution is 0.494. The van der Waals surface area contributed by atoms with E-state index < -0.39 is 0 Å². The summed E-state index contributed by atoms with van der Waals surface area (Å²) >= 11 is 0. The van der Waals surface area contributed by atoms with Crippen LogP contribution in [0.5, 0.6) is 0 Å². The van der Waals surface area contributed by atoms with E-state index in [1.807, 2.05) is 46.0 Å². The minimum Gasteiger partial charge on any atom is -0.466 e. The van der Waals surface area contributed by atoms with Crippen molar-refractivity contribution in [2.24, 2.45) is 5.84 Å². The minimum absolute atomic E-state index is 0.0875. The van der Waals surface area contributed by atoms with E-state index in [2.05, 4.69) is 10.4 Å². The molecule has 1 atom stereocenters. The number of hydrazine groups is 1. The third-order valence-electron chi connectivity index (χ3n) is 3.34. The highest BCUT2D eigenvalue weighted by Gasteiger charge is 2.21. The number of nitrogens with one attached hydrogen (secondary N) is 1. The summed E-state index contributed by atoms with van der Waals surface area (Å²) < 4.78 is 5.66. The van der Waals surface area contributed by atoms with E-state index in [1.54, 1.807) is 0 Å². The lowest BCUT2D eigenvalue weighted by Gasteiger charge is -2.17. The maximum absolute atomic E-state index is 5.70. The Balaban J connectivity index is 2.48. The van der Waals surface area contributed by atoms with Gasteiger partial charge in [0.05, 0.1) is 6.04 Å². The maximum atomic E-state index is 5.70. The summed E-state index contributed by atoms with van der Waals surface area (Å²) in [6, 6.07) is 3.93. The first kappa shape index (κ1) is 12.8. The second-order valence-corrected chi connectivity index (χ2v) is 4.59. The van der Waals surface area contributed by atoms with Gasteiger partial charge in [0.25, 0.3) is 0 Å². The van der Waals surface area contributed by atoms with Gasteiger partial charge in [0.1, 0.15) is 11.5 Å². The summed E-state index contributed by atoms with van der Waals surface area (Å²) in [5, 5.41) is 0. The van der Waals surface area contributed by atoms with Crippen molar-refractivity contribution in [3.8, 4) is 0 Å². The molecule has 0 radical (unpaired) electrons. The lowest BCUT2D eigenvalue weighted by atomic mass is 9.97. The van der Waals surface area contributed by atoms with E-state index in [-0.39, 0.29) is 6.04 Å². The molecule has 0 aliphatic carbocycles. The Morgan fingerprint density at radius 3 is 2.33 bits per heavy atom. The van der Waals surface area contributed by atoms with E-state index in [9.17, 15) is 0 Å². The molecule has 3 N–H and O–H groups in total. The molecular weight excluding hydrogens is 226 g/mol. The third-order valence-corrected chi connectivity index (χ3v) is 3.34. The molecule has 2 aromatic heterocycles. The van der Waals surface area contributed by atoms with Crippen LogP contribution in [0.25, 0.3) is 0 Å². The van der Waals surface area contributed by atoms with Gasteiger partial charge in [-0.15, -0.1) is 0 Å². The van der Waals surface area contributed by atoms with Crippen molar-refractivity contribution in [3.05, 3.63) is 52.2 Å². The Morgan fingerprint density at radius 2 is 1.89 bits per heavy atom. The molecule has 0 spiro atoms. The number of aryl methyl sites for hydroxylation is 3. The fraction of sp³-hybridized carbons (Fsp3) is 0.357. The van der Waals surface area contributed by atoms with Gasteiger partial charge >= 0.3 is 0 Å². The Hall–Kier alpha value is -1.65. The molecular formula is C14H19N3O. The SMILES string of the molecule is Cc1ccc(C(NN)c2c(C)oc(C)c2C)cn1. The zero-order valence-electron chi connectivity index (χ0n) is 11.2. The Bertz CT molecular complexity index is 543. The summed E-state index contributed by atoms with van der Waals surface area (Å²) in [4.78, 5) is 4.31. The second-order valence-electron chi connectivity index (χ2n) is 4.59. The predicted octanol–water partition coefficient (Wildman–Crippen LogP) is 2.46. The van der Waals surface area contributed by atoms with Crippen molar-refractivity contribution >= 4 is 0 Å². The second kappa shape index (κ2) is 4.92. The van der Waals surface area contributed by atoms with Crippen LogP contribution in [0, 0.1) is 27.7 Å². The molecule has 0 bridgehead atoms. The fourth-order valence-electron chi connectivity index (χ4n) is 2.23. The van der Waals surface area contributed by atoms with Gasteiger partial charge in [0, 0.05) is 17.5 Å². The van der Waals surface area contributed by atoms with Crippen LogP contribution in [-0.2, 0) is 0 Å². The van der Waals surface area contributed by atoms with Crippen LogP contribution in [0.4, 0.5) is 0 Å². The first-order valence-electron chi connectivity index (χ1n) is 5.99. The van der Waals surface area contributed by atoms with Gasteiger partial charge in [0.15, 0.2) is 0 Å². The van der Waals surface area contributed by atoms with Crippen LogP contribution in [0.3, 0.4) is 0 Å². The first-order chi connectivity index (χ1) is 8.54. The van der Waals surface area contributed by atoms with E-state index >= 15 is 0 Å². The summed E-state index contributed by atoms with van der Waals surface area (Å²) in [5.41, 5.74) is 7.11. The predicted molar refractivity (Wildman–Crippen MR) is 71.1 cm³/mol. The normalized spacial score (nSPS) is 12.7. The van der Waals surface area contributed by atoms with Crippen molar-refractivity contribution in [1.82, 2.24) is 10.4 Å². The highest BCUT2D eigenvalue weighted by atomic mass is 16.3. The van der Waals surface area contributed by atoms with Gasteiger partial charge in [0.2, 0.25) is 0 Å². The average Bonchev–Trinajstić information content (AvgIpc) is 2.59. The number of aromatic nitrogens is 1. The van der Waals surface area contributed by atoms with Crippen LogP contribution in [0.2, 0.25) is 0 Å². The number of pyridine rings is 1. The topological polar surface area (TPSA) is 64.1 Å². The van der Waals surface area contributed by atoms with Crippen LogP contribution >= 0.6 is 0 Å². The largest absolute Gasteiger partial charge is 0.466 e. The Kier molecular flexibility index (Phi) is 3.50. The van der Waals surface area contributed by atoms with E-state index in [0.717, 1.165) is 33.9 Å². The molecule has 0 fully saturated rings. The van der Waals surface area contributed by atoms with Crippen LogP contribution < -0.4 is 11.3 Å². The van der Waals surface area contributed by atoms with Gasteiger partial charge in [-0.05, 0) is 44.9 Å². The minimum atomic E-state index is -0.0875. The van der Waals surface area contributed by atoms with E-state index in [0.29, 0.717) is 0 Å². The molecule has 0 aromatic carbocycles. The van der Waals surface area contributed by atoms with Crippen LogP contribution in [0.15, 0.2) is 22.7 Å². The summed E-state index contributed by atoms with van der Waals surface area (Å²) in [6.45, 7) is 7.94. The van der Waals surface area contributed by atoms with Gasteiger partial charge in [-0.1, -0.05) is 6.07 Å². The number of nitrogens with two attached hydrogens (primary N) is 1. The highest BCUT2D eigenvalue weighted by Crippen LogP contribution is 2.30. The zero-order valence-corrected chi connectivity index (χ0v) is 11.2. The molecule has 4 heteroatoms. The number of nitrogens with zero attached hydrogens (tertiary/aromatic N) is 1. The van der Waals surface area contributed by atoms with Gasteiger partial charge < -0.3 is 4.42 Å². The number of rotatable bonds is 3. The van der Waals surface area contributed by atoms with Crippen molar-refractivity contribution in [3.63, 3.8) is 0 Å². The smallest absolute Gasteiger partial charge is 0.106 e. The standard InChI is InChI=1S/C14H19N3O/c1-8-5-6-12(7-16-8)14(17-15)13-9(2)10(3)18-11(13)4/h5-7,14,17H,15H2,1-4H3. The molecule has 2 heterocycles. The third kappa shape index (κ3) is 2.17. The number of hydrogen-bond acceptors (Lipinski definition) is 4. The van der Waals surface area contributed by atoms with Crippen molar-refractivity contribution < 1.29 is 4.42 Å². The molecule has 96 valence electrons.